The number of thioether (sulfide) groups is 1. The van der Waals surface area contributed by atoms with Crippen LogP contribution in [0.5, 0.6) is 0 Å². The molecule has 25 heavy (non-hydrogen) atoms. The quantitative estimate of drug-likeness (QED) is 0.560. The molecule has 0 aliphatic rings. The zero-order chi connectivity index (χ0) is 17.8. The van der Waals surface area contributed by atoms with Crippen LogP contribution in [0.15, 0.2) is 52.2 Å². The predicted molar refractivity (Wildman–Crippen MR) is 108 cm³/mol. The number of halogens is 1. The molecular weight excluding hydrogens is 372 g/mol. The highest BCUT2D eigenvalue weighted by molar-refractivity contribution is 8.01. The van der Waals surface area contributed by atoms with Gasteiger partial charge < -0.3 is 5.32 Å². The van der Waals surface area contributed by atoms with Gasteiger partial charge in [0.15, 0.2) is 4.34 Å². The van der Waals surface area contributed by atoms with Gasteiger partial charge in [-0.25, -0.2) is 4.98 Å². The van der Waals surface area contributed by atoms with Crippen LogP contribution in [0.25, 0.3) is 11.3 Å². The number of nitrogens with one attached hydrogen (secondary N) is 1. The third kappa shape index (κ3) is 4.63. The van der Waals surface area contributed by atoms with Crippen molar-refractivity contribution >= 4 is 46.3 Å². The van der Waals surface area contributed by atoms with Crippen molar-refractivity contribution in [3.63, 3.8) is 0 Å². The largest absolute Gasteiger partial charge is 0.324 e. The summed E-state index contributed by atoms with van der Waals surface area (Å²) in [7, 11) is 0. The summed E-state index contributed by atoms with van der Waals surface area (Å²) >= 11 is 9.21. The Hall–Kier alpha value is -1.82. The van der Waals surface area contributed by atoms with E-state index in [1.54, 1.807) is 11.3 Å². The number of rotatable bonds is 5. The van der Waals surface area contributed by atoms with E-state index in [2.05, 4.69) is 10.3 Å². The van der Waals surface area contributed by atoms with E-state index in [9.17, 15) is 4.79 Å². The lowest BCUT2D eigenvalue weighted by atomic mass is 10.1. The SMILES string of the molecule is Cc1cc(C)c(NC(=O)CSc2nc(-c3ccccc3)cs2)c(Cl)c1. The lowest BCUT2D eigenvalue weighted by Gasteiger charge is -2.11. The molecule has 0 aliphatic carbocycles. The highest BCUT2D eigenvalue weighted by Gasteiger charge is 2.11. The number of hydrogen-bond acceptors (Lipinski definition) is 4. The molecule has 0 radical (unpaired) electrons. The lowest BCUT2D eigenvalue weighted by Crippen LogP contribution is -2.15. The molecule has 3 aromatic rings. The third-order valence-corrected chi connectivity index (χ3v) is 5.89. The van der Waals surface area contributed by atoms with E-state index in [1.807, 2.05) is 61.7 Å². The Kier molecular flexibility index (Phi) is 5.78. The number of aromatic nitrogens is 1. The molecule has 3 nitrogen and oxygen atoms in total. The number of thiazole rings is 1. The van der Waals surface area contributed by atoms with Crippen LogP contribution in [0.1, 0.15) is 11.1 Å². The Morgan fingerprint density at radius 3 is 2.72 bits per heavy atom. The average Bonchev–Trinajstić information content (AvgIpc) is 3.06. The van der Waals surface area contributed by atoms with E-state index in [0.29, 0.717) is 16.5 Å². The van der Waals surface area contributed by atoms with Crippen LogP contribution < -0.4 is 5.32 Å². The van der Waals surface area contributed by atoms with Gasteiger partial charge >= 0.3 is 0 Å². The number of carbonyl (C=O) groups is 1. The fourth-order valence-electron chi connectivity index (χ4n) is 2.44. The molecular formula is C19H17ClN2OS2. The average molecular weight is 389 g/mol. The van der Waals surface area contributed by atoms with Crippen LogP contribution in [0.3, 0.4) is 0 Å². The minimum absolute atomic E-state index is 0.0877. The summed E-state index contributed by atoms with van der Waals surface area (Å²) in [5.74, 6) is 0.209. The maximum atomic E-state index is 12.2. The van der Waals surface area contributed by atoms with Crippen molar-refractivity contribution < 1.29 is 4.79 Å². The second kappa shape index (κ2) is 8.04. The molecule has 0 aliphatic heterocycles. The molecule has 1 heterocycles. The molecule has 6 heteroatoms. The number of benzene rings is 2. The fraction of sp³-hybridized carbons (Fsp3) is 0.158. The Bertz CT molecular complexity index is 870. The molecule has 0 fully saturated rings. The van der Waals surface area contributed by atoms with Crippen LogP contribution >= 0.6 is 34.7 Å². The Morgan fingerprint density at radius 1 is 1.24 bits per heavy atom. The van der Waals surface area contributed by atoms with Gasteiger partial charge in [-0.15, -0.1) is 11.3 Å². The molecule has 0 saturated heterocycles. The van der Waals surface area contributed by atoms with E-state index in [0.717, 1.165) is 26.7 Å². The van der Waals surface area contributed by atoms with E-state index in [-0.39, 0.29) is 5.91 Å². The maximum absolute atomic E-state index is 12.2. The van der Waals surface area contributed by atoms with Crippen molar-refractivity contribution in [1.82, 2.24) is 4.98 Å². The molecule has 0 atom stereocenters. The smallest absolute Gasteiger partial charge is 0.234 e. The first-order valence-electron chi connectivity index (χ1n) is 7.73. The first-order valence-corrected chi connectivity index (χ1v) is 9.97. The van der Waals surface area contributed by atoms with Gasteiger partial charge in [0, 0.05) is 10.9 Å². The Labute approximate surface area is 160 Å². The van der Waals surface area contributed by atoms with Gasteiger partial charge in [0.25, 0.3) is 0 Å². The number of anilines is 1. The number of hydrogen-bond donors (Lipinski definition) is 1. The van der Waals surface area contributed by atoms with Crippen molar-refractivity contribution in [2.24, 2.45) is 0 Å². The molecule has 1 aromatic heterocycles. The summed E-state index contributed by atoms with van der Waals surface area (Å²) in [6, 6.07) is 13.9. The molecule has 128 valence electrons. The molecule has 0 saturated carbocycles. The van der Waals surface area contributed by atoms with Crippen molar-refractivity contribution in [2.75, 3.05) is 11.1 Å². The minimum Gasteiger partial charge on any atom is -0.324 e. The predicted octanol–water partition coefficient (Wildman–Crippen LogP) is 5.81. The second-order valence-corrected chi connectivity index (χ2v) is 8.13. The fourth-order valence-corrected chi connectivity index (χ4v) is 4.45. The molecule has 0 spiro atoms. The highest BCUT2D eigenvalue weighted by atomic mass is 35.5. The number of amides is 1. The first-order chi connectivity index (χ1) is 12.0. The van der Waals surface area contributed by atoms with Gasteiger partial charge in [0.1, 0.15) is 0 Å². The van der Waals surface area contributed by atoms with Crippen molar-refractivity contribution in [3.8, 4) is 11.3 Å². The van der Waals surface area contributed by atoms with Crippen LogP contribution in [-0.2, 0) is 4.79 Å². The summed E-state index contributed by atoms with van der Waals surface area (Å²) in [4.78, 5) is 16.8. The lowest BCUT2D eigenvalue weighted by molar-refractivity contribution is -0.113. The zero-order valence-corrected chi connectivity index (χ0v) is 16.3. The topological polar surface area (TPSA) is 42.0 Å². The first kappa shape index (κ1) is 18.0. The molecule has 1 amide bonds. The van der Waals surface area contributed by atoms with Crippen LogP contribution in [0.2, 0.25) is 5.02 Å². The van der Waals surface area contributed by atoms with E-state index in [1.165, 1.54) is 11.8 Å². The normalized spacial score (nSPS) is 10.7. The summed E-state index contributed by atoms with van der Waals surface area (Å²) < 4.78 is 0.876. The van der Waals surface area contributed by atoms with Crippen LogP contribution in [0.4, 0.5) is 5.69 Å². The van der Waals surface area contributed by atoms with Crippen molar-refractivity contribution in [2.45, 2.75) is 18.2 Å². The molecule has 0 unspecified atom stereocenters. The van der Waals surface area contributed by atoms with Gasteiger partial charge in [-0.1, -0.05) is 59.8 Å². The monoisotopic (exact) mass is 388 g/mol. The molecule has 2 aromatic carbocycles. The summed E-state index contributed by atoms with van der Waals surface area (Å²) in [6.07, 6.45) is 0. The van der Waals surface area contributed by atoms with E-state index >= 15 is 0 Å². The molecule has 0 bridgehead atoms. The Balaban J connectivity index is 1.61. The standard InChI is InChI=1S/C19H17ClN2OS2/c1-12-8-13(2)18(15(20)9-12)22-17(23)11-25-19-21-16(10-24-19)14-6-4-3-5-7-14/h3-10H,11H2,1-2H3,(H,22,23). The third-order valence-electron chi connectivity index (χ3n) is 3.58. The molecule has 3 rings (SSSR count). The van der Waals surface area contributed by atoms with E-state index in [4.69, 9.17) is 11.6 Å². The van der Waals surface area contributed by atoms with Gasteiger partial charge in [-0.2, -0.15) is 0 Å². The van der Waals surface area contributed by atoms with Gasteiger partial charge in [0.2, 0.25) is 5.91 Å². The zero-order valence-electron chi connectivity index (χ0n) is 13.9. The minimum atomic E-state index is -0.0877. The molecule has 1 N–H and O–H groups in total. The summed E-state index contributed by atoms with van der Waals surface area (Å²) in [5.41, 5.74) is 4.74. The van der Waals surface area contributed by atoms with E-state index < -0.39 is 0 Å². The Morgan fingerprint density at radius 2 is 2.00 bits per heavy atom. The van der Waals surface area contributed by atoms with Crippen LogP contribution in [0, 0.1) is 13.8 Å². The second-order valence-electron chi connectivity index (χ2n) is 5.64. The maximum Gasteiger partial charge on any atom is 0.234 e. The van der Waals surface area contributed by atoms with Crippen molar-refractivity contribution in [3.05, 3.63) is 64.0 Å². The summed E-state index contributed by atoms with van der Waals surface area (Å²) in [5, 5.41) is 5.48. The number of aryl methyl sites for hydroxylation is 2. The van der Waals surface area contributed by atoms with Gasteiger partial charge in [-0.05, 0) is 31.0 Å². The van der Waals surface area contributed by atoms with Crippen molar-refractivity contribution in [1.29, 1.82) is 0 Å². The summed E-state index contributed by atoms with van der Waals surface area (Å²) in [6.45, 7) is 3.92. The number of carbonyl (C=O) groups excluding carboxylic acids is 1. The van der Waals surface area contributed by atoms with Gasteiger partial charge in [0.05, 0.1) is 22.2 Å². The highest BCUT2D eigenvalue weighted by Crippen LogP contribution is 2.30. The van der Waals surface area contributed by atoms with Gasteiger partial charge in [-0.3, -0.25) is 4.79 Å². The van der Waals surface area contributed by atoms with Crippen LogP contribution in [-0.4, -0.2) is 16.6 Å². The number of nitrogens with zero attached hydrogens (tertiary/aromatic N) is 1.